The van der Waals surface area contributed by atoms with Crippen molar-refractivity contribution in [3.63, 3.8) is 0 Å². The molecule has 1 rings (SSSR count). The molecule has 0 spiro atoms. The second kappa shape index (κ2) is 8.97. The predicted octanol–water partition coefficient (Wildman–Crippen LogP) is 1.61. The zero-order valence-corrected chi connectivity index (χ0v) is 10.7. The first-order valence-corrected chi connectivity index (χ1v) is 6.90. The number of aliphatic hydroxyl groups is 1. The lowest BCUT2D eigenvalue weighted by Gasteiger charge is -2.26. The maximum Gasteiger partial charge on any atom is 0.0512 e. The summed E-state index contributed by atoms with van der Waals surface area (Å²) in [6, 6.07) is 0. The lowest BCUT2D eigenvalue weighted by atomic mass is 10.1. The van der Waals surface area contributed by atoms with Crippen LogP contribution in [0.3, 0.4) is 0 Å². The van der Waals surface area contributed by atoms with E-state index in [1.54, 1.807) is 0 Å². The Kier molecular flexibility index (Phi) is 7.81. The summed E-state index contributed by atoms with van der Waals surface area (Å²) in [5.74, 6) is 0. The molecule has 1 fully saturated rings. The number of hydrogen-bond donors (Lipinski definition) is 2. The SMILES string of the molecule is CC(O)CCCNCCCN1CCCCC1. The highest BCUT2D eigenvalue weighted by molar-refractivity contribution is 4.64. The Morgan fingerprint density at radius 3 is 2.50 bits per heavy atom. The first-order valence-electron chi connectivity index (χ1n) is 6.90. The van der Waals surface area contributed by atoms with Crippen LogP contribution in [0, 0.1) is 0 Å². The van der Waals surface area contributed by atoms with Gasteiger partial charge in [0.05, 0.1) is 6.10 Å². The molecule has 1 atom stereocenters. The Labute approximate surface area is 100 Å². The van der Waals surface area contributed by atoms with Gasteiger partial charge in [-0.2, -0.15) is 0 Å². The molecule has 0 amide bonds. The second-order valence-electron chi connectivity index (χ2n) is 5.00. The lowest BCUT2D eigenvalue weighted by molar-refractivity contribution is 0.181. The number of piperidine rings is 1. The van der Waals surface area contributed by atoms with Crippen LogP contribution in [0.1, 0.15) is 45.4 Å². The maximum absolute atomic E-state index is 9.09. The van der Waals surface area contributed by atoms with E-state index in [1.807, 2.05) is 6.92 Å². The van der Waals surface area contributed by atoms with Gasteiger partial charge < -0.3 is 15.3 Å². The van der Waals surface area contributed by atoms with Gasteiger partial charge >= 0.3 is 0 Å². The summed E-state index contributed by atoms with van der Waals surface area (Å²) in [4.78, 5) is 2.58. The van der Waals surface area contributed by atoms with E-state index in [-0.39, 0.29) is 6.10 Å². The Balaban J connectivity index is 1.80. The van der Waals surface area contributed by atoms with Crippen molar-refractivity contribution < 1.29 is 5.11 Å². The molecule has 1 heterocycles. The lowest BCUT2D eigenvalue weighted by Crippen LogP contribution is -2.32. The first-order chi connectivity index (χ1) is 7.79. The van der Waals surface area contributed by atoms with Crippen molar-refractivity contribution in [1.82, 2.24) is 10.2 Å². The average molecular weight is 228 g/mol. The third kappa shape index (κ3) is 7.20. The molecular formula is C13H28N2O. The standard InChI is InChI=1S/C13H28N2O/c1-13(16)7-5-8-14-9-6-12-15-10-3-2-4-11-15/h13-14,16H,2-12H2,1H3. The molecule has 2 N–H and O–H groups in total. The molecule has 1 unspecified atom stereocenters. The second-order valence-corrected chi connectivity index (χ2v) is 5.00. The van der Waals surface area contributed by atoms with Gasteiger partial charge in [-0.25, -0.2) is 0 Å². The Morgan fingerprint density at radius 1 is 1.12 bits per heavy atom. The highest BCUT2D eigenvalue weighted by Crippen LogP contribution is 2.08. The van der Waals surface area contributed by atoms with Gasteiger partial charge in [-0.3, -0.25) is 0 Å². The largest absolute Gasteiger partial charge is 0.393 e. The van der Waals surface area contributed by atoms with E-state index in [2.05, 4.69) is 10.2 Å². The van der Waals surface area contributed by atoms with Crippen LogP contribution in [0.25, 0.3) is 0 Å². The third-order valence-corrected chi connectivity index (χ3v) is 3.25. The monoisotopic (exact) mass is 228 g/mol. The summed E-state index contributed by atoms with van der Waals surface area (Å²) in [5.41, 5.74) is 0. The van der Waals surface area contributed by atoms with Crippen LogP contribution < -0.4 is 5.32 Å². The predicted molar refractivity (Wildman–Crippen MR) is 68.7 cm³/mol. The van der Waals surface area contributed by atoms with Crippen molar-refractivity contribution in [3.8, 4) is 0 Å². The van der Waals surface area contributed by atoms with Crippen molar-refractivity contribution in [2.75, 3.05) is 32.7 Å². The van der Waals surface area contributed by atoms with Crippen molar-refractivity contribution in [2.45, 2.75) is 51.6 Å². The van der Waals surface area contributed by atoms with Crippen LogP contribution in [0.4, 0.5) is 0 Å². The Hall–Kier alpha value is -0.120. The van der Waals surface area contributed by atoms with Gasteiger partial charge in [-0.1, -0.05) is 6.42 Å². The van der Waals surface area contributed by atoms with Crippen LogP contribution in [-0.2, 0) is 0 Å². The van der Waals surface area contributed by atoms with Crippen molar-refractivity contribution in [2.24, 2.45) is 0 Å². The first kappa shape index (κ1) is 13.9. The minimum atomic E-state index is -0.143. The van der Waals surface area contributed by atoms with Gasteiger partial charge in [-0.05, 0) is 71.8 Å². The van der Waals surface area contributed by atoms with E-state index in [9.17, 15) is 0 Å². The van der Waals surface area contributed by atoms with Crippen molar-refractivity contribution >= 4 is 0 Å². The fraction of sp³-hybridized carbons (Fsp3) is 1.00. The van der Waals surface area contributed by atoms with Gasteiger partial charge in [0.1, 0.15) is 0 Å². The molecule has 0 aromatic heterocycles. The van der Waals surface area contributed by atoms with Crippen molar-refractivity contribution in [3.05, 3.63) is 0 Å². The normalized spacial score (nSPS) is 19.9. The number of hydrogen-bond acceptors (Lipinski definition) is 3. The molecule has 3 heteroatoms. The molecule has 0 saturated carbocycles. The highest BCUT2D eigenvalue weighted by atomic mass is 16.3. The quantitative estimate of drug-likeness (QED) is 0.620. The van der Waals surface area contributed by atoms with E-state index in [4.69, 9.17) is 5.11 Å². The number of likely N-dealkylation sites (tertiary alicyclic amines) is 1. The highest BCUT2D eigenvalue weighted by Gasteiger charge is 2.08. The van der Waals surface area contributed by atoms with E-state index < -0.39 is 0 Å². The van der Waals surface area contributed by atoms with Gasteiger partial charge in [0.2, 0.25) is 0 Å². The number of nitrogens with one attached hydrogen (secondary N) is 1. The minimum Gasteiger partial charge on any atom is -0.393 e. The van der Waals surface area contributed by atoms with Crippen LogP contribution >= 0.6 is 0 Å². The maximum atomic E-state index is 9.09. The van der Waals surface area contributed by atoms with Gasteiger partial charge in [0.25, 0.3) is 0 Å². The summed E-state index contributed by atoms with van der Waals surface area (Å²) < 4.78 is 0. The Morgan fingerprint density at radius 2 is 1.81 bits per heavy atom. The molecule has 0 aromatic carbocycles. The summed E-state index contributed by atoms with van der Waals surface area (Å²) in [5, 5.41) is 12.5. The van der Waals surface area contributed by atoms with Crippen LogP contribution in [0.2, 0.25) is 0 Å². The molecule has 16 heavy (non-hydrogen) atoms. The van der Waals surface area contributed by atoms with Gasteiger partial charge in [0.15, 0.2) is 0 Å². The van der Waals surface area contributed by atoms with Gasteiger partial charge in [-0.15, -0.1) is 0 Å². The molecule has 0 aliphatic carbocycles. The van der Waals surface area contributed by atoms with Gasteiger partial charge in [0, 0.05) is 0 Å². The van der Waals surface area contributed by atoms with E-state index in [0.29, 0.717) is 0 Å². The summed E-state index contributed by atoms with van der Waals surface area (Å²) in [6.45, 7) is 7.89. The Bertz CT molecular complexity index is 156. The van der Waals surface area contributed by atoms with E-state index in [0.717, 1.165) is 25.9 Å². The van der Waals surface area contributed by atoms with Crippen LogP contribution in [-0.4, -0.2) is 48.8 Å². The van der Waals surface area contributed by atoms with Crippen molar-refractivity contribution in [1.29, 1.82) is 0 Å². The summed E-state index contributed by atoms with van der Waals surface area (Å²) in [6.07, 6.45) is 7.32. The van der Waals surface area contributed by atoms with E-state index in [1.165, 1.54) is 45.3 Å². The molecule has 0 bridgehead atoms. The van der Waals surface area contributed by atoms with E-state index >= 15 is 0 Å². The molecule has 1 aliphatic heterocycles. The fourth-order valence-corrected chi connectivity index (χ4v) is 2.26. The number of nitrogens with zero attached hydrogens (tertiary/aromatic N) is 1. The topological polar surface area (TPSA) is 35.5 Å². The minimum absolute atomic E-state index is 0.143. The molecule has 1 saturated heterocycles. The smallest absolute Gasteiger partial charge is 0.0512 e. The molecule has 0 radical (unpaired) electrons. The average Bonchev–Trinajstić information content (AvgIpc) is 2.29. The van der Waals surface area contributed by atoms with Crippen LogP contribution in [0.5, 0.6) is 0 Å². The fourth-order valence-electron chi connectivity index (χ4n) is 2.26. The number of aliphatic hydroxyl groups excluding tert-OH is 1. The molecule has 3 nitrogen and oxygen atoms in total. The summed E-state index contributed by atoms with van der Waals surface area (Å²) >= 11 is 0. The molecular weight excluding hydrogens is 200 g/mol. The molecule has 96 valence electrons. The number of rotatable bonds is 8. The molecule has 1 aliphatic rings. The third-order valence-electron chi connectivity index (χ3n) is 3.25. The zero-order valence-electron chi connectivity index (χ0n) is 10.7. The zero-order chi connectivity index (χ0) is 11.6. The summed E-state index contributed by atoms with van der Waals surface area (Å²) in [7, 11) is 0. The molecule has 0 aromatic rings. The van der Waals surface area contributed by atoms with Crippen LogP contribution in [0.15, 0.2) is 0 Å².